The van der Waals surface area contributed by atoms with Crippen molar-refractivity contribution in [1.82, 2.24) is 21.3 Å². The summed E-state index contributed by atoms with van der Waals surface area (Å²) in [4.78, 5) is 52.2. The Kier molecular flexibility index (Phi) is 15.7. The van der Waals surface area contributed by atoms with E-state index in [0.29, 0.717) is 18.9 Å². The quantitative estimate of drug-likeness (QED) is 0.193. The summed E-state index contributed by atoms with van der Waals surface area (Å²) in [6.45, 7) is 19.1. The third-order valence-electron chi connectivity index (χ3n) is 6.78. The van der Waals surface area contributed by atoms with Crippen molar-refractivity contribution in [3.8, 4) is 0 Å². The van der Waals surface area contributed by atoms with Gasteiger partial charge < -0.3 is 31.1 Å². The van der Waals surface area contributed by atoms with Gasteiger partial charge in [-0.2, -0.15) is 0 Å². The topological polar surface area (TPSA) is 146 Å². The van der Waals surface area contributed by atoms with E-state index in [-0.39, 0.29) is 30.6 Å². The van der Waals surface area contributed by atoms with Crippen LogP contribution in [0.2, 0.25) is 0 Å². The average Bonchev–Trinajstić information content (AvgIpc) is 2.88. The van der Waals surface area contributed by atoms with Gasteiger partial charge >= 0.3 is 6.09 Å². The van der Waals surface area contributed by atoms with Gasteiger partial charge in [-0.05, 0) is 56.9 Å². The van der Waals surface area contributed by atoms with Gasteiger partial charge in [0.05, 0.1) is 12.1 Å². The maximum atomic E-state index is 13.8. The fourth-order valence-electron chi connectivity index (χ4n) is 4.51. The van der Waals surface area contributed by atoms with Gasteiger partial charge in [0.15, 0.2) is 0 Å². The van der Waals surface area contributed by atoms with Gasteiger partial charge in [0.2, 0.25) is 17.7 Å². The van der Waals surface area contributed by atoms with Gasteiger partial charge in [0.25, 0.3) is 0 Å². The molecule has 0 aliphatic carbocycles. The number of ether oxygens (including phenoxy) is 1. The fraction of sp³-hybridized carbons (Fsp3) is 0.697. The minimum atomic E-state index is -0.981. The predicted octanol–water partition coefficient (Wildman–Crippen LogP) is 3.95. The second kappa shape index (κ2) is 17.9. The minimum absolute atomic E-state index is 0.145. The van der Waals surface area contributed by atoms with Gasteiger partial charge in [-0.3, -0.25) is 14.4 Å². The number of aliphatic hydroxyl groups is 1. The van der Waals surface area contributed by atoms with E-state index < -0.39 is 53.7 Å². The molecule has 0 aliphatic heterocycles. The molecule has 1 aromatic carbocycles. The van der Waals surface area contributed by atoms with E-state index in [4.69, 9.17) is 4.74 Å². The highest BCUT2D eigenvalue weighted by Gasteiger charge is 2.33. The van der Waals surface area contributed by atoms with E-state index in [1.807, 2.05) is 58.0 Å². The molecule has 0 radical (unpaired) electrons. The number of carbonyl (C=O) groups is 4. The van der Waals surface area contributed by atoms with E-state index >= 15 is 0 Å². The summed E-state index contributed by atoms with van der Waals surface area (Å²) in [6, 6.07) is 6.74. The zero-order valence-electron chi connectivity index (χ0n) is 27.8. The zero-order valence-corrected chi connectivity index (χ0v) is 27.8. The highest BCUT2D eigenvalue weighted by Crippen LogP contribution is 2.17. The van der Waals surface area contributed by atoms with Gasteiger partial charge in [-0.1, -0.05) is 78.8 Å². The van der Waals surface area contributed by atoms with E-state index in [1.54, 1.807) is 41.5 Å². The Balaban J connectivity index is 3.16. The molecule has 0 unspecified atom stereocenters. The molecule has 0 aromatic heterocycles. The normalized spacial score (nSPS) is 15.3. The van der Waals surface area contributed by atoms with Crippen molar-refractivity contribution < 1.29 is 29.0 Å². The molecule has 43 heavy (non-hydrogen) atoms. The molecule has 0 heterocycles. The largest absolute Gasteiger partial charge is 0.444 e. The zero-order chi connectivity index (χ0) is 32.9. The van der Waals surface area contributed by atoms with Crippen LogP contribution in [-0.4, -0.2) is 65.3 Å². The summed E-state index contributed by atoms with van der Waals surface area (Å²) < 4.78 is 5.34. The number of benzene rings is 1. The molecule has 244 valence electrons. The smallest absolute Gasteiger partial charge is 0.408 e. The van der Waals surface area contributed by atoms with Crippen LogP contribution in [0.15, 0.2) is 30.3 Å². The molecule has 0 fully saturated rings. The Bertz CT molecular complexity index is 1020. The number of alkyl carbamates (subject to hydrolysis) is 1. The maximum absolute atomic E-state index is 13.8. The molecule has 1 rings (SSSR count). The number of carbonyl (C=O) groups excluding carboxylic acids is 4. The third-order valence-corrected chi connectivity index (χ3v) is 6.78. The molecule has 4 amide bonds. The minimum Gasteiger partial charge on any atom is -0.444 e. The molecule has 5 atom stereocenters. The van der Waals surface area contributed by atoms with Crippen molar-refractivity contribution in [3.05, 3.63) is 35.9 Å². The first-order valence-electron chi connectivity index (χ1n) is 15.5. The van der Waals surface area contributed by atoms with Gasteiger partial charge in [-0.15, -0.1) is 0 Å². The van der Waals surface area contributed by atoms with E-state index in [1.165, 1.54) is 0 Å². The van der Waals surface area contributed by atoms with Crippen molar-refractivity contribution in [3.63, 3.8) is 0 Å². The molecule has 0 bridgehead atoms. The molecule has 0 spiro atoms. The summed E-state index contributed by atoms with van der Waals surface area (Å²) in [7, 11) is 0. The molecule has 10 nitrogen and oxygen atoms in total. The van der Waals surface area contributed by atoms with Crippen LogP contribution in [0.1, 0.15) is 87.6 Å². The van der Waals surface area contributed by atoms with E-state index in [0.717, 1.165) is 5.56 Å². The SMILES string of the molecule is CC(C)CNC(=O)[C@H](C)C[C@H](O)[C@H](CC(C)C)NC(=O)[C@H](Cc1ccccc1)NC(=O)[C@@H](NC(=O)OC(C)(C)C)C(C)C. The molecule has 0 saturated heterocycles. The maximum Gasteiger partial charge on any atom is 0.408 e. The third kappa shape index (κ3) is 15.2. The highest BCUT2D eigenvalue weighted by molar-refractivity contribution is 5.91. The van der Waals surface area contributed by atoms with Crippen LogP contribution >= 0.6 is 0 Å². The molecule has 0 aliphatic rings. The Hall–Kier alpha value is -3.14. The van der Waals surface area contributed by atoms with Crippen molar-refractivity contribution in [1.29, 1.82) is 0 Å². The van der Waals surface area contributed by atoms with Crippen LogP contribution in [0.25, 0.3) is 0 Å². The van der Waals surface area contributed by atoms with Crippen LogP contribution in [0, 0.1) is 23.7 Å². The van der Waals surface area contributed by atoms with Crippen molar-refractivity contribution in [2.75, 3.05) is 6.54 Å². The first-order chi connectivity index (χ1) is 19.9. The Labute approximate surface area is 258 Å². The van der Waals surface area contributed by atoms with Gasteiger partial charge in [0, 0.05) is 18.9 Å². The molecule has 5 N–H and O–H groups in total. The standard InChI is InChI=1S/C33H56N4O6/c1-20(2)16-25(27(38)17-23(7)29(39)34-19-21(3)4)35-30(40)26(18-24-14-12-11-13-15-24)36-31(41)28(22(5)6)37-32(42)43-33(8,9)10/h11-15,20-23,25-28,38H,16-19H2,1-10H3,(H,34,39)(H,35,40)(H,36,41)(H,37,42)/t23-,25+,26+,27+,28+/m1/s1. The summed E-state index contributed by atoms with van der Waals surface area (Å²) in [5, 5.41) is 22.5. The van der Waals surface area contributed by atoms with E-state index in [9.17, 15) is 24.3 Å². The summed E-state index contributed by atoms with van der Waals surface area (Å²) in [6.07, 6.45) is -0.844. The van der Waals surface area contributed by atoms with Crippen molar-refractivity contribution in [2.24, 2.45) is 23.7 Å². The summed E-state index contributed by atoms with van der Waals surface area (Å²) in [5.74, 6) is -1.41. The predicted molar refractivity (Wildman–Crippen MR) is 169 cm³/mol. The summed E-state index contributed by atoms with van der Waals surface area (Å²) in [5.41, 5.74) is 0.0944. The Morgan fingerprint density at radius 2 is 1.40 bits per heavy atom. The number of amides is 4. The number of hydrogen-bond donors (Lipinski definition) is 5. The van der Waals surface area contributed by atoms with E-state index in [2.05, 4.69) is 21.3 Å². The average molecular weight is 605 g/mol. The van der Waals surface area contributed by atoms with Crippen molar-refractivity contribution >= 4 is 23.8 Å². The van der Waals surface area contributed by atoms with Crippen LogP contribution in [-0.2, 0) is 25.5 Å². The van der Waals surface area contributed by atoms with Crippen LogP contribution in [0.5, 0.6) is 0 Å². The van der Waals surface area contributed by atoms with Crippen LogP contribution in [0.3, 0.4) is 0 Å². The van der Waals surface area contributed by atoms with Gasteiger partial charge in [-0.25, -0.2) is 4.79 Å². The fourth-order valence-corrected chi connectivity index (χ4v) is 4.51. The van der Waals surface area contributed by atoms with Crippen LogP contribution in [0.4, 0.5) is 4.79 Å². The Morgan fingerprint density at radius 1 is 0.791 bits per heavy atom. The van der Waals surface area contributed by atoms with Crippen LogP contribution < -0.4 is 21.3 Å². The van der Waals surface area contributed by atoms with Crippen molar-refractivity contribution in [2.45, 2.75) is 118 Å². The first kappa shape index (κ1) is 37.9. The molecular formula is C33H56N4O6. The summed E-state index contributed by atoms with van der Waals surface area (Å²) >= 11 is 0. The molecular weight excluding hydrogens is 548 g/mol. The number of rotatable bonds is 16. The number of aliphatic hydroxyl groups excluding tert-OH is 1. The highest BCUT2D eigenvalue weighted by atomic mass is 16.6. The molecule has 10 heteroatoms. The molecule has 1 aromatic rings. The first-order valence-corrected chi connectivity index (χ1v) is 15.5. The lowest BCUT2D eigenvalue weighted by Gasteiger charge is -2.30. The lowest BCUT2D eigenvalue weighted by molar-refractivity contribution is -0.131. The second-order valence-corrected chi connectivity index (χ2v) is 13.7. The monoisotopic (exact) mass is 604 g/mol. The number of nitrogens with one attached hydrogen (secondary N) is 4. The van der Waals surface area contributed by atoms with Gasteiger partial charge in [0.1, 0.15) is 17.7 Å². The Morgan fingerprint density at radius 3 is 1.91 bits per heavy atom. The molecule has 0 saturated carbocycles. The lowest BCUT2D eigenvalue weighted by Crippen LogP contribution is -2.58. The second-order valence-electron chi connectivity index (χ2n) is 13.7. The number of hydrogen-bond acceptors (Lipinski definition) is 6. The lowest BCUT2D eigenvalue weighted by atomic mass is 9.92.